The molecule has 0 radical (unpaired) electrons. The largest absolute Gasteiger partial charge is 0.481 e. The number of hydrogen-bond donors (Lipinski definition) is 3. The third kappa shape index (κ3) is 3.15. The van der Waals surface area contributed by atoms with E-state index in [2.05, 4.69) is 17.2 Å². The van der Waals surface area contributed by atoms with E-state index in [1.54, 1.807) is 11.8 Å². The van der Waals surface area contributed by atoms with Gasteiger partial charge in [-0.15, -0.1) is 0 Å². The summed E-state index contributed by atoms with van der Waals surface area (Å²) in [7, 11) is 0. The smallest absolute Gasteiger partial charge is 0.315 e. The van der Waals surface area contributed by atoms with Gasteiger partial charge in [-0.1, -0.05) is 13.0 Å². The van der Waals surface area contributed by atoms with Crippen LogP contribution in [0.5, 0.6) is 0 Å². The molecule has 2 aliphatic heterocycles. The molecule has 0 aromatic rings. The summed E-state index contributed by atoms with van der Waals surface area (Å²) in [6, 6.07) is 0.156. The summed E-state index contributed by atoms with van der Waals surface area (Å²) >= 11 is 1.78. The molecule has 0 aliphatic carbocycles. The van der Waals surface area contributed by atoms with Gasteiger partial charge in [0.25, 0.3) is 0 Å². The minimum absolute atomic E-state index is 0.117. The lowest BCUT2D eigenvalue weighted by Gasteiger charge is -2.17. The highest BCUT2D eigenvalue weighted by Gasteiger charge is 2.42. The van der Waals surface area contributed by atoms with E-state index in [4.69, 9.17) is 5.11 Å². The fraction of sp³-hybridized carbons (Fsp3) is 0.615. The number of amides is 2. The molecule has 2 saturated heterocycles. The maximum atomic E-state index is 11.4. The van der Waals surface area contributed by atoms with Crippen LogP contribution in [0, 0.1) is 5.92 Å². The minimum atomic E-state index is -1.09. The topological polar surface area (TPSA) is 95.5 Å². The number of fused-ring (bicyclic) bond motifs is 1. The molecule has 110 valence electrons. The molecule has 2 heterocycles. The van der Waals surface area contributed by atoms with E-state index >= 15 is 0 Å². The standard InChI is InChI=1S/C13H18N2O4S/c1-2-9(16)7(12(17)18)4-3-5-10-11-8(6-20-10)14-13(19)15-11/h2,7-8,10-11H,1,3-6H2,(H,17,18)(H2,14,15,19)/t7?,8-,10-,11-/m0/s1. The highest BCUT2D eigenvalue weighted by Crippen LogP contribution is 2.33. The number of allylic oxidation sites excluding steroid dienone is 1. The van der Waals surface area contributed by atoms with Crippen LogP contribution in [0.4, 0.5) is 4.79 Å². The Hall–Kier alpha value is -1.50. The molecular formula is C13H18N2O4S. The summed E-state index contributed by atoms with van der Waals surface area (Å²) in [5, 5.41) is 15.0. The number of nitrogens with one attached hydrogen (secondary N) is 2. The fourth-order valence-electron chi connectivity index (χ4n) is 2.70. The second kappa shape index (κ2) is 6.30. The molecule has 0 aromatic carbocycles. The predicted octanol–water partition coefficient (Wildman–Crippen LogP) is 0.778. The van der Waals surface area contributed by atoms with Gasteiger partial charge in [0.15, 0.2) is 5.78 Å². The monoisotopic (exact) mass is 298 g/mol. The van der Waals surface area contributed by atoms with Crippen molar-refractivity contribution in [3.8, 4) is 0 Å². The van der Waals surface area contributed by atoms with Crippen LogP contribution in [0.3, 0.4) is 0 Å². The molecule has 6 nitrogen and oxygen atoms in total. The number of rotatable bonds is 7. The van der Waals surface area contributed by atoms with Crippen LogP contribution in [-0.2, 0) is 9.59 Å². The van der Waals surface area contributed by atoms with E-state index in [1.807, 2.05) is 0 Å². The van der Waals surface area contributed by atoms with Crippen molar-refractivity contribution in [2.24, 2.45) is 5.92 Å². The summed E-state index contributed by atoms with van der Waals surface area (Å²) in [6.45, 7) is 3.33. The molecule has 0 bridgehead atoms. The van der Waals surface area contributed by atoms with Gasteiger partial charge < -0.3 is 15.7 Å². The van der Waals surface area contributed by atoms with Gasteiger partial charge >= 0.3 is 12.0 Å². The Bertz CT molecular complexity index is 440. The van der Waals surface area contributed by atoms with Crippen LogP contribution in [0.15, 0.2) is 12.7 Å². The number of hydrogen-bond acceptors (Lipinski definition) is 4. The van der Waals surface area contributed by atoms with E-state index in [-0.39, 0.29) is 23.4 Å². The average molecular weight is 298 g/mol. The lowest BCUT2D eigenvalue weighted by molar-refractivity contribution is -0.145. The van der Waals surface area contributed by atoms with E-state index in [0.717, 1.165) is 18.2 Å². The molecule has 0 spiro atoms. The number of ketones is 1. The molecule has 4 atom stereocenters. The van der Waals surface area contributed by atoms with Crippen molar-refractivity contribution < 1.29 is 19.5 Å². The van der Waals surface area contributed by atoms with Crippen LogP contribution in [-0.4, -0.2) is 46.0 Å². The highest BCUT2D eigenvalue weighted by atomic mass is 32.2. The van der Waals surface area contributed by atoms with Crippen LogP contribution < -0.4 is 10.6 Å². The number of carbonyl (C=O) groups is 3. The first kappa shape index (κ1) is 14.9. The van der Waals surface area contributed by atoms with Crippen LogP contribution in [0.25, 0.3) is 0 Å². The first-order valence-corrected chi connectivity index (χ1v) is 7.65. The Morgan fingerprint density at radius 1 is 1.50 bits per heavy atom. The lowest BCUT2D eigenvalue weighted by atomic mass is 9.95. The maximum absolute atomic E-state index is 11.4. The molecule has 20 heavy (non-hydrogen) atoms. The van der Waals surface area contributed by atoms with Crippen molar-refractivity contribution in [2.45, 2.75) is 36.6 Å². The quantitative estimate of drug-likeness (QED) is 0.367. The Labute approximate surface area is 121 Å². The predicted molar refractivity (Wildman–Crippen MR) is 75.7 cm³/mol. The van der Waals surface area contributed by atoms with Crippen molar-refractivity contribution in [3.63, 3.8) is 0 Å². The van der Waals surface area contributed by atoms with Crippen molar-refractivity contribution in [3.05, 3.63) is 12.7 Å². The van der Waals surface area contributed by atoms with Gasteiger partial charge in [-0.25, -0.2) is 4.79 Å². The Morgan fingerprint density at radius 3 is 2.90 bits per heavy atom. The number of carboxylic acids is 1. The zero-order valence-corrected chi connectivity index (χ0v) is 11.8. The summed E-state index contributed by atoms with van der Waals surface area (Å²) in [5.74, 6) is -1.65. The van der Waals surface area contributed by atoms with Gasteiger partial charge in [0, 0.05) is 11.0 Å². The average Bonchev–Trinajstić information content (AvgIpc) is 2.93. The molecule has 1 unspecified atom stereocenters. The maximum Gasteiger partial charge on any atom is 0.315 e. The molecule has 0 saturated carbocycles. The van der Waals surface area contributed by atoms with Gasteiger partial charge in [0.2, 0.25) is 0 Å². The molecule has 2 aliphatic rings. The van der Waals surface area contributed by atoms with Crippen LogP contribution >= 0.6 is 11.8 Å². The summed E-state index contributed by atoms with van der Waals surface area (Å²) in [4.78, 5) is 33.7. The van der Waals surface area contributed by atoms with E-state index in [0.29, 0.717) is 12.8 Å². The van der Waals surface area contributed by atoms with E-state index in [9.17, 15) is 14.4 Å². The Kier molecular flexibility index (Phi) is 4.69. The molecular weight excluding hydrogens is 280 g/mol. The van der Waals surface area contributed by atoms with Gasteiger partial charge in [-0.3, -0.25) is 9.59 Å². The van der Waals surface area contributed by atoms with Gasteiger partial charge in [-0.05, 0) is 18.9 Å². The van der Waals surface area contributed by atoms with Crippen molar-refractivity contribution in [1.29, 1.82) is 0 Å². The molecule has 2 amide bonds. The Balaban J connectivity index is 1.80. The molecule has 7 heteroatoms. The second-order valence-corrected chi connectivity index (χ2v) is 6.32. The number of urea groups is 1. The summed E-state index contributed by atoms with van der Waals surface area (Å²) in [6.07, 6.45) is 2.82. The number of carboxylic acid groups (broad SMARTS) is 1. The first-order valence-electron chi connectivity index (χ1n) is 6.60. The SMILES string of the molecule is C=CC(=O)C(CCC[C@@H]1SC[C@@H]2NC(=O)N[C@@H]21)C(=O)O. The van der Waals surface area contributed by atoms with Crippen molar-refractivity contribution in [2.75, 3.05) is 5.75 Å². The molecule has 2 rings (SSSR count). The lowest BCUT2D eigenvalue weighted by Crippen LogP contribution is -2.36. The minimum Gasteiger partial charge on any atom is -0.481 e. The van der Waals surface area contributed by atoms with Crippen molar-refractivity contribution >= 4 is 29.5 Å². The van der Waals surface area contributed by atoms with E-state index in [1.165, 1.54) is 0 Å². The van der Waals surface area contributed by atoms with Crippen LogP contribution in [0.1, 0.15) is 19.3 Å². The number of carbonyl (C=O) groups excluding carboxylic acids is 2. The molecule has 3 N–H and O–H groups in total. The summed E-state index contributed by atoms with van der Waals surface area (Å²) in [5.41, 5.74) is 0. The van der Waals surface area contributed by atoms with Gasteiger partial charge in [0.1, 0.15) is 5.92 Å². The summed E-state index contributed by atoms with van der Waals surface area (Å²) < 4.78 is 0. The van der Waals surface area contributed by atoms with Crippen molar-refractivity contribution in [1.82, 2.24) is 10.6 Å². The number of thioether (sulfide) groups is 1. The van der Waals surface area contributed by atoms with E-state index < -0.39 is 17.7 Å². The third-order valence-corrected chi connectivity index (χ3v) is 5.27. The zero-order chi connectivity index (χ0) is 14.7. The number of aliphatic carboxylic acids is 1. The Morgan fingerprint density at radius 2 is 2.25 bits per heavy atom. The molecule has 0 aromatic heterocycles. The first-order chi connectivity index (χ1) is 9.52. The zero-order valence-electron chi connectivity index (χ0n) is 11.0. The van der Waals surface area contributed by atoms with Crippen LogP contribution in [0.2, 0.25) is 0 Å². The van der Waals surface area contributed by atoms with Gasteiger partial charge in [0.05, 0.1) is 12.1 Å². The highest BCUT2D eigenvalue weighted by molar-refractivity contribution is 8.00. The van der Waals surface area contributed by atoms with Gasteiger partial charge in [-0.2, -0.15) is 11.8 Å². The third-order valence-electron chi connectivity index (χ3n) is 3.76. The molecule has 2 fully saturated rings. The second-order valence-electron chi connectivity index (χ2n) is 5.05. The fourth-order valence-corrected chi connectivity index (χ4v) is 4.24. The normalized spacial score (nSPS) is 29.2.